The summed E-state index contributed by atoms with van der Waals surface area (Å²) in [6, 6.07) is 4.06. The highest BCUT2D eigenvalue weighted by atomic mass is 16.5. The summed E-state index contributed by atoms with van der Waals surface area (Å²) in [4.78, 5) is 14.1. The van der Waals surface area contributed by atoms with Crippen LogP contribution in [0.2, 0.25) is 0 Å². The summed E-state index contributed by atoms with van der Waals surface area (Å²) >= 11 is 0. The van der Waals surface area contributed by atoms with Crippen molar-refractivity contribution in [3.05, 3.63) is 24.0 Å². The van der Waals surface area contributed by atoms with Crippen molar-refractivity contribution in [3.63, 3.8) is 0 Å². The molecule has 106 valence electrons. The third-order valence-corrected chi connectivity index (χ3v) is 3.33. The molecule has 0 saturated carbocycles. The Labute approximate surface area is 114 Å². The van der Waals surface area contributed by atoms with E-state index >= 15 is 0 Å². The van der Waals surface area contributed by atoms with E-state index in [4.69, 9.17) is 4.74 Å². The summed E-state index contributed by atoms with van der Waals surface area (Å²) < 4.78 is 7.29. The summed E-state index contributed by atoms with van der Waals surface area (Å²) in [6.07, 6.45) is 3.09. The molecule has 5 heteroatoms. The number of carbonyl (C=O) groups is 1. The zero-order chi connectivity index (χ0) is 13.5. The number of carbonyl (C=O) groups excluding carboxylic acids is 1. The Morgan fingerprint density at radius 2 is 2.21 bits per heavy atom. The van der Waals surface area contributed by atoms with Crippen molar-refractivity contribution < 1.29 is 9.53 Å². The van der Waals surface area contributed by atoms with Crippen molar-refractivity contribution in [1.29, 1.82) is 0 Å². The fraction of sp³-hybridized carbons (Fsp3) is 0.643. The Bertz CT molecular complexity index is 397. The smallest absolute Gasteiger partial charge is 0.242 e. The van der Waals surface area contributed by atoms with Crippen LogP contribution >= 0.6 is 0 Å². The Balaban J connectivity index is 1.87. The number of nitrogens with one attached hydrogen (secondary N) is 1. The Hall–Kier alpha value is -1.33. The maximum absolute atomic E-state index is 12.2. The number of aromatic nitrogens is 1. The number of hydrogen-bond donors (Lipinski definition) is 1. The van der Waals surface area contributed by atoms with Crippen LogP contribution < -0.4 is 5.32 Å². The molecule has 0 bridgehead atoms. The first-order valence-corrected chi connectivity index (χ1v) is 7.01. The molecule has 5 nitrogen and oxygen atoms in total. The van der Waals surface area contributed by atoms with Crippen LogP contribution in [-0.2, 0) is 22.6 Å². The van der Waals surface area contributed by atoms with E-state index in [0.29, 0.717) is 32.8 Å². The van der Waals surface area contributed by atoms with E-state index in [9.17, 15) is 4.79 Å². The minimum Gasteiger partial charge on any atom is -0.378 e. The van der Waals surface area contributed by atoms with E-state index in [-0.39, 0.29) is 5.91 Å². The van der Waals surface area contributed by atoms with Gasteiger partial charge in [0.15, 0.2) is 0 Å². The number of rotatable bonds is 6. The van der Waals surface area contributed by atoms with Gasteiger partial charge in [-0.1, -0.05) is 6.92 Å². The van der Waals surface area contributed by atoms with Crippen molar-refractivity contribution in [2.75, 3.05) is 32.8 Å². The molecule has 0 atom stereocenters. The maximum Gasteiger partial charge on any atom is 0.242 e. The molecule has 1 aliphatic heterocycles. The van der Waals surface area contributed by atoms with E-state index in [1.54, 1.807) is 0 Å². The number of nitrogens with zero attached hydrogens (tertiary/aromatic N) is 2. The monoisotopic (exact) mass is 265 g/mol. The molecular weight excluding hydrogens is 242 g/mol. The molecule has 19 heavy (non-hydrogen) atoms. The fourth-order valence-corrected chi connectivity index (χ4v) is 2.22. The summed E-state index contributed by atoms with van der Waals surface area (Å²) in [5.41, 5.74) is 1.16. The SMILES string of the molecule is CCCNCc1cccn1CC(=O)N1CCOCC1. The average Bonchev–Trinajstić information content (AvgIpc) is 2.87. The van der Waals surface area contributed by atoms with Gasteiger partial charge in [-0.2, -0.15) is 0 Å². The van der Waals surface area contributed by atoms with E-state index in [1.165, 1.54) is 0 Å². The van der Waals surface area contributed by atoms with Crippen molar-refractivity contribution >= 4 is 5.91 Å². The first kappa shape index (κ1) is 14.1. The topological polar surface area (TPSA) is 46.5 Å². The van der Waals surface area contributed by atoms with Crippen LogP contribution in [0.25, 0.3) is 0 Å². The number of amides is 1. The summed E-state index contributed by atoms with van der Waals surface area (Å²) in [6.45, 7) is 7.13. The largest absolute Gasteiger partial charge is 0.378 e. The second-order valence-corrected chi connectivity index (χ2v) is 4.80. The molecule has 2 heterocycles. The van der Waals surface area contributed by atoms with E-state index in [1.807, 2.05) is 21.7 Å². The Morgan fingerprint density at radius 3 is 2.95 bits per heavy atom. The highest BCUT2D eigenvalue weighted by molar-refractivity contribution is 5.76. The van der Waals surface area contributed by atoms with Gasteiger partial charge in [0.25, 0.3) is 0 Å². The molecule has 0 unspecified atom stereocenters. The third kappa shape index (κ3) is 4.08. The minimum atomic E-state index is 0.177. The number of ether oxygens (including phenoxy) is 1. The van der Waals surface area contributed by atoms with Gasteiger partial charge in [0, 0.05) is 31.5 Å². The molecule has 1 aromatic heterocycles. The molecule has 0 radical (unpaired) electrons. The lowest BCUT2D eigenvalue weighted by atomic mass is 10.3. The van der Waals surface area contributed by atoms with Gasteiger partial charge >= 0.3 is 0 Å². The lowest BCUT2D eigenvalue weighted by molar-refractivity contribution is -0.135. The molecule has 1 aliphatic rings. The van der Waals surface area contributed by atoms with Gasteiger partial charge in [0.05, 0.1) is 13.2 Å². The highest BCUT2D eigenvalue weighted by Crippen LogP contribution is 2.05. The maximum atomic E-state index is 12.2. The summed E-state index contributed by atoms with van der Waals surface area (Å²) in [5.74, 6) is 0.177. The normalized spacial score (nSPS) is 15.7. The molecular formula is C14H23N3O2. The van der Waals surface area contributed by atoms with Crippen LogP contribution in [0.1, 0.15) is 19.0 Å². The third-order valence-electron chi connectivity index (χ3n) is 3.33. The Morgan fingerprint density at radius 1 is 1.42 bits per heavy atom. The molecule has 1 saturated heterocycles. The molecule has 0 spiro atoms. The van der Waals surface area contributed by atoms with Crippen LogP contribution in [0, 0.1) is 0 Å². The van der Waals surface area contributed by atoms with Crippen LogP contribution in [0.15, 0.2) is 18.3 Å². The van der Waals surface area contributed by atoms with Gasteiger partial charge in [0.2, 0.25) is 5.91 Å². The van der Waals surface area contributed by atoms with Gasteiger partial charge in [-0.05, 0) is 25.1 Å². The lowest BCUT2D eigenvalue weighted by Gasteiger charge is -2.27. The molecule has 1 aromatic rings. The van der Waals surface area contributed by atoms with Gasteiger partial charge in [-0.3, -0.25) is 4.79 Å². The predicted octanol–water partition coefficient (Wildman–Crippen LogP) is 0.846. The standard InChI is InChI=1S/C14H23N3O2/c1-2-5-15-11-13-4-3-6-17(13)12-14(18)16-7-9-19-10-8-16/h3-4,6,15H,2,5,7-12H2,1H3. The molecule has 0 aromatic carbocycles. The van der Waals surface area contributed by atoms with Gasteiger partial charge < -0.3 is 19.5 Å². The average molecular weight is 265 g/mol. The zero-order valence-corrected chi connectivity index (χ0v) is 11.6. The van der Waals surface area contributed by atoms with Gasteiger partial charge in [-0.15, -0.1) is 0 Å². The molecule has 1 N–H and O–H groups in total. The first-order chi connectivity index (χ1) is 9.31. The molecule has 1 amide bonds. The van der Waals surface area contributed by atoms with Crippen LogP contribution in [-0.4, -0.2) is 48.2 Å². The van der Waals surface area contributed by atoms with Crippen LogP contribution in [0.4, 0.5) is 0 Å². The Kier molecular flexibility index (Phi) is 5.42. The van der Waals surface area contributed by atoms with Crippen molar-refractivity contribution in [3.8, 4) is 0 Å². The highest BCUT2D eigenvalue weighted by Gasteiger charge is 2.17. The van der Waals surface area contributed by atoms with Crippen molar-refractivity contribution in [2.45, 2.75) is 26.4 Å². The zero-order valence-electron chi connectivity index (χ0n) is 11.6. The second kappa shape index (κ2) is 7.31. The molecule has 1 fully saturated rings. The van der Waals surface area contributed by atoms with Crippen LogP contribution in [0.3, 0.4) is 0 Å². The number of hydrogen-bond acceptors (Lipinski definition) is 3. The van der Waals surface area contributed by atoms with Crippen molar-refractivity contribution in [1.82, 2.24) is 14.8 Å². The first-order valence-electron chi connectivity index (χ1n) is 7.01. The quantitative estimate of drug-likeness (QED) is 0.776. The summed E-state index contributed by atoms with van der Waals surface area (Å²) in [5, 5.41) is 3.36. The fourth-order valence-electron chi connectivity index (χ4n) is 2.22. The molecule has 0 aliphatic carbocycles. The van der Waals surface area contributed by atoms with E-state index in [0.717, 1.165) is 25.2 Å². The minimum absolute atomic E-state index is 0.177. The lowest BCUT2D eigenvalue weighted by Crippen LogP contribution is -2.42. The van der Waals surface area contributed by atoms with Gasteiger partial charge in [0.1, 0.15) is 6.54 Å². The van der Waals surface area contributed by atoms with Crippen molar-refractivity contribution in [2.24, 2.45) is 0 Å². The van der Waals surface area contributed by atoms with E-state index in [2.05, 4.69) is 18.3 Å². The number of morpholine rings is 1. The predicted molar refractivity (Wildman–Crippen MR) is 73.8 cm³/mol. The van der Waals surface area contributed by atoms with Crippen LogP contribution in [0.5, 0.6) is 0 Å². The summed E-state index contributed by atoms with van der Waals surface area (Å²) in [7, 11) is 0. The molecule has 2 rings (SSSR count). The second-order valence-electron chi connectivity index (χ2n) is 4.80. The van der Waals surface area contributed by atoms with Gasteiger partial charge in [-0.25, -0.2) is 0 Å². The van der Waals surface area contributed by atoms with E-state index < -0.39 is 0 Å².